The molecule has 7 heteroatoms. The Kier molecular flexibility index (Phi) is 5.85. The number of aromatic nitrogens is 1. The number of carbonyl (C=O) groups excluding carboxylic acids is 1. The smallest absolute Gasteiger partial charge is 0.290 e. The summed E-state index contributed by atoms with van der Waals surface area (Å²) in [5.74, 6) is -3.03. The van der Waals surface area contributed by atoms with E-state index in [1.807, 2.05) is 0 Å². The fourth-order valence-corrected chi connectivity index (χ4v) is 1.68. The van der Waals surface area contributed by atoms with Crippen LogP contribution in [0.5, 0.6) is 0 Å². The van der Waals surface area contributed by atoms with E-state index in [2.05, 4.69) is 10.3 Å². The molecule has 0 aromatic carbocycles. The van der Waals surface area contributed by atoms with Crippen LogP contribution in [0.2, 0.25) is 0 Å². The average molecular weight is 262 g/mol. The van der Waals surface area contributed by atoms with Crippen LogP contribution in [0.1, 0.15) is 10.4 Å². The zero-order valence-corrected chi connectivity index (χ0v) is 9.97. The van der Waals surface area contributed by atoms with Gasteiger partial charge in [0.15, 0.2) is 0 Å². The fourth-order valence-electron chi connectivity index (χ4n) is 1.10. The van der Waals surface area contributed by atoms with Gasteiger partial charge in [0, 0.05) is 19.9 Å². The molecule has 4 nitrogen and oxygen atoms in total. The number of amides is 1. The number of alkyl halides is 2. The highest BCUT2D eigenvalue weighted by Gasteiger charge is 2.15. The van der Waals surface area contributed by atoms with Crippen molar-refractivity contribution in [1.82, 2.24) is 10.3 Å². The van der Waals surface area contributed by atoms with Gasteiger partial charge in [-0.25, -0.2) is 4.98 Å². The van der Waals surface area contributed by atoms with E-state index in [0.717, 1.165) is 0 Å². The molecule has 0 aliphatic carbocycles. The molecule has 0 fully saturated rings. The number of thioether (sulfide) groups is 1. The largest absolute Gasteiger partial charge is 0.383 e. The molecule has 0 saturated carbocycles. The Balaban J connectivity index is 2.71. The molecule has 1 aromatic rings. The van der Waals surface area contributed by atoms with E-state index in [1.165, 1.54) is 25.4 Å². The van der Waals surface area contributed by atoms with Crippen molar-refractivity contribution in [2.75, 3.05) is 20.3 Å². The highest BCUT2D eigenvalue weighted by Crippen LogP contribution is 2.26. The standard InChI is InChI=1S/C10H12F2N2O2S/c1-16-6-5-13-8(15)7-3-2-4-14-9(7)17-10(11)12/h2-4,10H,5-6H2,1H3,(H,13,15). The van der Waals surface area contributed by atoms with Crippen LogP contribution in [0.4, 0.5) is 8.78 Å². The number of hydrogen-bond acceptors (Lipinski definition) is 4. The minimum Gasteiger partial charge on any atom is -0.383 e. The second kappa shape index (κ2) is 7.18. The molecule has 0 aliphatic heterocycles. The summed E-state index contributed by atoms with van der Waals surface area (Å²) in [7, 11) is 1.51. The molecule has 0 unspecified atom stereocenters. The molecule has 1 N–H and O–H groups in total. The van der Waals surface area contributed by atoms with Crippen molar-refractivity contribution in [2.24, 2.45) is 0 Å². The Labute approximate surface area is 102 Å². The van der Waals surface area contributed by atoms with Crippen LogP contribution in [-0.4, -0.2) is 36.9 Å². The minimum absolute atomic E-state index is 0.0254. The number of ether oxygens (including phenoxy) is 1. The van der Waals surface area contributed by atoms with Crippen LogP contribution in [0.3, 0.4) is 0 Å². The van der Waals surface area contributed by atoms with Gasteiger partial charge >= 0.3 is 0 Å². The van der Waals surface area contributed by atoms with E-state index in [0.29, 0.717) is 13.2 Å². The second-order valence-corrected chi connectivity index (χ2v) is 3.96. The maximum Gasteiger partial charge on any atom is 0.290 e. The van der Waals surface area contributed by atoms with Gasteiger partial charge in [0.25, 0.3) is 11.7 Å². The van der Waals surface area contributed by atoms with Gasteiger partial charge < -0.3 is 10.1 Å². The number of methoxy groups -OCH3 is 1. The number of pyridine rings is 1. The van der Waals surface area contributed by atoms with E-state index in [1.54, 1.807) is 0 Å². The maximum absolute atomic E-state index is 12.2. The van der Waals surface area contributed by atoms with Gasteiger partial charge in [-0.15, -0.1) is 0 Å². The molecule has 0 bridgehead atoms. The summed E-state index contributed by atoms with van der Waals surface area (Å²) < 4.78 is 29.3. The Morgan fingerprint density at radius 1 is 1.65 bits per heavy atom. The molecule has 0 saturated heterocycles. The van der Waals surface area contributed by atoms with Crippen LogP contribution >= 0.6 is 11.8 Å². The quantitative estimate of drug-likeness (QED) is 0.627. The maximum atomic E-state index is 12.2. The first-order valence-electron chi connectivity index (χ1n) is 4.82. The van der Waals surface area contributed by atoms with Gasteiger partial charge in [-0.1, -0.05) is 0 Å². The molecule has 94 valence electrons. The number of halogens is 2. The summed E-state index contributed by atoms with van der Waals surface area (Å²) in [5, 5.41) is 2.58. The van der Waals surface area contributed by atoms with Gasteiger partial charge in [0.05, 0.1) is 12.2 Å². The van der Waals surface area contributed by atoms with E-state index >= 15 is 0 Å². The molecular formula is C10H12F2N2O2S. The second-order valence-electron chi connectivity index (χ2n) is 2.98. The molecular weight excluding hydrogens is 250 g/mol. The van der Waals surface area contributed by atoms with Crippen LogP contribution in [0.25, 0.3) is 0 Å². The Hall–Kier alpha value is -1.21. The average Bonchev–Trinajstić information content (AvgIpc) is 2.29. The summed E-state index contributed by atoms with van der Waals surface area (Å²) in [6.45, 7) is 0.687. The van der Waals surface area contributed by atoms with Gasteiger partial charge in [-0.3, -0.25) is 4.79 Å². The van der Waals surface area contributed by atoms with E-state index in [4.69, 9.17) is 4.74 Å². The van der Waals surface area contributed by atoms with E-state index < -0.39 is 11.7 Å². The zero-order valence-electron chi connectivity index (χ0n) is 9.15. The lowest BCUT2D eigenvalue weighted by Gasteiger charge is -2.08. The summed E-state index contributed by atoms with van der Waals surface area (Å²) >= 11 is 0.256. The normalized spacial score (nSPS) is 10.6. The molecule has 1 amide bonds. The van der Waals surface area contributed by atoms with Crippen LogP contribution in [0, 0.1) is 0 Å². The van der Waals surface area contributed by atoms with Gasteiger partial charge in [0.1, 0.15) is 5.03 Å². The van der Waals surface area contributed by atoms with Crippen molar-refractivity contribution in [3.63, 3.8) is 0 Å². The first kappa shape index (κ1) is 13.9. The van der Waals surface area contributed by atoms with Crippen LogP contribution < -0.4 is 5.32 Å². The fraction of sp³-hybridized carbons (Fsp3) is 0.400. The monoisotopic (exact) mass is 262 g/mol. The summed E-state index contributed by atoms with van der Waals surface area (Å²) in [4.78, 5) is 15.4. The first-order valence-corrected chi connectivity index (χ1v) is 5.70. The molecule has 1 heterocycles. The topological polar surface area (TPSA) is 51.2 Å². The zero-order chi connectivity index (χ0) is 12.7. The van der Waals surface area contributed by atoms with E-state index in [9.17, 15) is 13.6 Å². The SMILES string of the molecule is COCCNC(=O)c1cccnc1SC(F)F. The summed E-state index contributed by atoms with van der Waals surface area (Å²) in [6, 6.07) is 2.99. The minimum atomic E-state index is -2.60. The van der Waals surface area contributed by atoms with Crippen molar-refractivity contribution in [3.8, 4) is 0 Å². The van der Waals surface area contributed by atoms with Gasteiger partial charge in [-0.05, 0) is 23.9 Å². The van der Waals surface area contributed by atoms with Crippen LogP contribution in [-0.2, 0) is 4.74 Å². The lowest BCUT2D eigenvalue weighted by atomic mass is 10.2. The highest BCUT2D eigenvalue weighted by molar-refractivity contribution is 7.99. The van der Waals surface area contributed by atoms with Crippen molar-refractivity contribution < 1.29 is 18.3 Å². The lowest BCUT2D eigenvalue weighted by Crippen LogP contribution is -2.27. The molecule has 1 aromatic heterocycles. The number of carbonyl (C=O) groups is 1. The van der Waals surface area contributed by atoms with Crippen molar-refractivity contribution >= 4 is 17.7 Å². The molecule has 0 atom stereocenters. The molecule has 0 spiro atoms. The van der Waals surface area contributed by atoms with Crippen molar-refractivity contribution in [3.05, 3.63) is 23.9 Å². The van der Waals surface area contributed by atoms with Crippen LogP contribution in [0.15, 0.2) is 23.4 Å². The Bertz CT molecular complexity index is 377. The van der Waals surface area contributed by atoms with E-state index in [-0.39, 0.29) is 22.4 Å². The molecule has 0 radical (unpaired) electrons. The van der Waals surface area contributed by atoms with Gasteiger partial charge in [0.2, 0.25) is 0 Å². The number of nitrogens with one attached hydrogen (secondary N) is 1. The third-order valence-corrected chi connectivity index (χ3v) is 2.53. The summed E-state index contributed by atoms with van der Waals surface area (Å²) in [5.41, 5.74) is 0.147. The Morgan fingerprint density at radius 3 is 3.06 bits per heavy atom. The third kappa shape index (κ3) is 4.66. The Morgan fingerprint density at radius 2 is 2.41 bits per heavy atom. The number of rotatable bonds is 6. The predicted octanol–water partition coefficient (Wildman–Crippen LogP) is 1.77. The first-order chi connectivity index (χ1) is 8.15. The number of hydrogen-bond donors (Lipinski definition) is 1. The highest BCUT2D eigenvalue weighted by atomic mass is 32.2. The lowest BCUT2D eigenvalue weighted by molar-refractivity contribution is 0.0933. The molecule has 17 heavy (non-hydrogen) atoms. The van der Waals surface area contributed by atoms with Crippen molar-refractivity contribution in [2.45, 2.75) is 10.8 Å². The third-order valence-electron chi connectivity index (χ3n) is 1.81. The summed E-state index contributed by atoms with van der Waals surface area (Å²) in [6.07, 6.45) is 1.37. The van der Waals surface area contributed by atoms with Gasteiger partial charge in [-0.2, -0.15) is 8.78 Å². The molecule has 0 aliphatic rings. The van der Waals surface area contributed by atoms with Crippen molar-refractivity contribution in [1.29, 1.82) is 0 Å². The molecule has 1 rings (SSSR count). The number of nitrogens with zero attached hydrogens (tertiary/aromatic N) is 1. The predicted molar refractivity (Wildman–Crippen MR) is 60.3 cm³/mol.